The summed E-state index contributed by atoms with van der Waals surface area (Å²) < 4.78 is 10.7. The molecule has 1 aliphatic carbocycles. The van der Waals surface area contributed by atoms with Gasteiger partial charge in [0.1, 0.15) is 11.5 Å². The van der Waals surface area contributed by atoms with Crippen molar-refractivity contribution in [2.75, 3.05) is 13.7 Å². The monoisotopic (exact) mass is 278 g/mol. The third-order valence-corrected chi connectivity index (χ3v) is 4.17. The molecule has 1 saturated carbocycles. The van der Waals surface area contributed by atoms with E-state index < -0.39 is 11.4 Å². The lowest BCUT2D eigenvalue weighted by Crippen LogP contribution is -2.34. The molecule has 0 aliphatic heterocycles. The molecule has 0 atom stereocenters. The second-order valence-corrected chi connectivity index (χ2v) is 5.42. The van der Waals surface area contributed by atoms with E-state index in [0.717, 1.165) is 43.6 Å². The summed E-state index contributed by atoms with van der Waals surface area (Å²) in [5.41, 5.74) is -0.579. The fraction of sp³-hybridized carbons (Fsp3) is 0.562. The quantitative estimate of drug-likeness (QED) is 0.865. The maximum absolute atomic E-state index is 11.5. The van der Waals surface area contributed by atoms with Crippen LogP contribution in [0.4, 0.5) is 0 Å². The van der Waals surface area contributed by atoms with Crippen molar-refractivity contribution in [3.05, 3.63) is 24.3 Å². The van der Waals surface area contributed by atoms with E-state index in [-0.39, 0.29) is 0 Å². The van der Waals surface area contributed by atoms with E-state index in [2.05, 4.69) is 0 Å². The first-order chi connectivity index (χ1) is 9.66. The number of ether oxygens (including phenoxy) is 2. The Bertz CT molecular complexity index is 432. The summed E-state index contributed by atoms with van der Waals surface area (Å²) in [5, 5.41) is 9.48. The Hall–Kier alpha value is -1.71. The lowest BCUT2D eigenvalue weighted by atomic mass is 9.72. The molecule has 1 fully saturated rings. The predicted octanol–water partition coefficient (Wildman–Crippen LogP) is 3.50. The Morgan fingerprint density at radius 3 is 2.30 bits per heavy atom. The third kappa shape index (κ3) is 3.44. The van der Waals surface area contributed by atoms with Crippen molar-refractivity contribution in [2.24, 2.45) is 5.41 Å². The summed E-state index contributed by atoms with van der Waals surface area (Å²) in [6, 6.07) is 7.35. The molecule has 0 amide bonds. The minimum absolute atomic E-state index is 0.443. The molecule has 20 heavy (non-hydrogen) atoms. The number of benzene rings is 1. The highest BCUT2D eigenvalue weighted by Crippen LogP contribution is 2.39. The largest absolute Gasteiger partial charge is 0.497 e. The van der Waals surface area contributed by atoms with E-state index in [1.54, 1.807) is 7.11 Å². The van der Waals surface area contributed by atoms with E-state index in [0.29, 0.717) is 13.0 Å². The molecule has 0 heterocycles. The summed E-state index contributed by atoms with van der Waals surface area (Å²) in [7, 11) is 1.62. The fourth-order valence-corrected chi connectivity index (χ4v) is 2.84. The molecular formula is C16H22O4. The first-order valence-corrected chi connectivity index (χ1v) is 7.16. The Balaban J connectivity index is 1.88. The number of carboxylic acids is 1. The molecule has 4 nitrogen and oxygen atoms in total. The number of rotatable bonds is 6. The number of methoxy groups -OCH3 is 1. The van der Waals surface area contributed by atoms with Gasteiger partial charge in [0.25, 0.3) is 0 Å². The maximum Gasteiger partial charge on any atom is 0.309 e. The average molecular weight is 278 g/mol. The van der Waals surface area contributed by atoms with E-state index in [4.69, 9.17) is 9.47 Å². The molecular weight excluding hydrogens is 256 g/mol. The van der Waals surface area contributed by atoms with Crippen LogP contribution in [0.1, 0.15) is 38.5 Å². The third-order valence-electron chi connectivity index (χ3n) is 4.17. The van der Waals surface area contributed by atoms with Gasteiger partial charge in [-0.2, -0.15) is 0 Å². The number of hydrogen-bond acceptors (Lipinski definition) is 3. The molecule has 110 valence electrons. The second kappa shape index (κ2) is 6.64. The van der Waals surface area contributed by atoms with E-state index in [1.165, 1.54) is 0 Å². The smallest absolute Gasteiger partial charge is 0.309 e. The first-order valence-electron chi connectivity index (χ1n) is 7.16. The van der Waals surface area contributed by atoms with Crippen LogP contribution in [0.5, 0.6) is 11.5 Å². The lowest BCUT2D eigenvalue weighted by molar-refractivity contribution is -0.152. The highest BCUT2D eigenvalue weighted by molar-refractivity contribution is 5.74. The van der Waals surface area contributed by atoms with Crippen LogP contribution in [0.2, 0.25) is 0 Å². The molecule has 0 unspecified atom stereocenters. The highest BCUT2D eigenvalue weighted by atomic mass is 16.5. The molecule has 1 aromatic rings. The van der Waals surface area contributed by atoms with Gasteiger partial charge in [-0.15, -0.1) is 0 Å². The Labute approximate surface area is 119 Å². The summed E-state index contributed by atoms with van der Waals surface area (Å²) in [5.74, 6) is 0.865. The summed E-state index contributed by atoms with van der Waals surface area (Å²) >= 11 is 0. The fourth-order valence-electron chi connectivity index (χ4n) is 2.84. The highest BCUT2D eigenvalue weighted by Gasteiger charge is 2.39. The first kappa shape index (κ1) is 14.7. The summed E-state index contributed by atoms with van der Waals surface area (Å²) in [4.78, 5) is 11.5. The zero-order valence-electron chi connectivity index (χ0n) is 11.9. The van der Waals surface area contributed by atoms with Crippen LogP contribution in [0.3, 0.4) is 0 Å². The molecule has 1 aromatic carbocycles. The Morgan fingerprint density at radius 1 is 1.15 bits per heavy atom. The van der Waals surface area contributed by atoms with Gasteiger partial charge in [0, 0.05) is 0 Å². The molecule has 0 bridgehead atoms. The van der Waals surface area contributed by atoms with Crippen molar-refractivity contribution < 1.29 is 19.4 Å². The van der Waals surface area contributed by atoms with Gasteiger partial charge in [-0.3, -0.25) is 4.79 Å². The normalized spacial score (nSPS) is 17.4. The minimum Gasteiger partial charge on any atom is -0.497 e. The number of hydrogen-bond donors (Lipinski definition) is 1. The van der Waals surface area contributed by atoms with Gasteiger partial charge >= 0.3 is 5.97 Å². The van der Waals surface area contributed by atoms with E-state index in [9.17, 15) is 9.90 Å². The molecule has 0 spiro atoms. The molecule has 2 rings (SSSR count). The van der Waals surface area contributed by atoms with E-state index >= 15 is 0 Å². The van der Waals surface area contributed by atoms with Gasteiger partial charge in [-0.1, -0.05) is 19.3 Å². The van der Waals surface area contributed by atoms with Crippen LogP contribution < -0.4 is 9.47 Å². The van der Waals surface area contributed by atoms with Gasteiger partial charge in [0.05, 0.1) is 19.1 Å². The molecule has 0 radical (unpaired) electrons. The van der Waals surface area contributed by atoms with Crippen LogP contribution in [0.25, 0.3) is 0 Å². The van der Waals surface area contributed by atoms with Gasteiger partial charge in [-0.05, 0) is 43.5 Å². The van der Waals surface area contributed by atoms with Crippen LogP contribution >= 0.6 is 0 Å². The molecule has 1 N–H and O–H groups in total. The lowest BCUT2D eigenvalue weighted by Gasteiger charge is -2.33. The zero-order valence-corrected chi connectivity index (χ0v) is 11.9. The van der Waals surface area contributed by atoms with Crippen molar-refractivity contribution in [3.63, 3.8) is 0 Å². The topological polar surface area (TPSA) is 55.8 Å². The summed E-state index contributed by atoms with van der Waals surface area (Å²) in [6.45, 7) is 0.443. The maximum atomic E-state index is 11.5. The number of aliphatic carboxylic acids is 1. The minimum atomic E-state index is -0.671. The standard InChI is InChI=1S/C16H22O4/c1-19-13-5-7-14(8-6-13)20-12-11-16(15(17)18)9-3-2-4-10-16/h5-8H,2-4,9-12H2,1H3,(H,17,18). The summed E-state index contributed by atoms with van der Waals surface area (Å²) in [6.07, 6.45) is 5.29. The van der Waals surface area contributed by atoms with Gasteiger partial charge in [0.15, 0.2) is 0 Å². The van der Waals surface area contributed by atoms with Crippen molar-refractivity contribution in [1.82, 2.24) is 0 Å². The number of carbonyl (C=O) groups is 1. The average Bonchev–Trinajstić information content (AvgIpc) is 2.49. The number of carboxylic acid groups (broad SMARTS) is 1. The molecule has 4 heteroatoms. The van der Waals surface area contributed by atoms with Crippen molar-refractivity contribution in [2.45, 2.75) is 38.5 Å². The van der Waals surface area contributed by atoms with E-state index in [1.807, 2.05) is 24.3 Å². The Kier molecular flexibility index (Phi) is 4.88. The van der Waals surface area contributed by atoms with Gasteiger partial charge < -0.3 is 14.6 Å². The zero-order chi connectivity index (χ0) is 14.4. The van der Waals surface area contributed by atoms with Crippen LogP contribution in [-0.2, 0) is 4.79 Å². The van der Waals surface area contributed by atoms with Crippen molar-refractivity contribution in [1.29, 1.82) is 0 Å². The second-order valence-electron chi connectivity index (χ2n) is 5.42. The molecule has 1 aliphatic rings. The molecule has 0 aromatic heterocycles. The van der Waals surface area contributed by atoms with Crippen LogP contribution in [0.15, 0.2) is 24.3 Å². The van der Waals surface area contributed by atoms with Gasteiger partial charge in [0.2, 0.25) is 0 Å². The predicted molar refractivity (Wildman–Crippen MR) is 76.3 cm³/mol. The van der Waals surface area contributed by atoms with Crippen molar-refractivity contribution in [3.8, 4) is 11.5 Å². The Morgan fingerprint density at radius 2 is 1.75 bits per heavy atom. The van der Waals surface area contributed by atoms with Crippen molar-refractivity contribution >= 4 is 5.97 Å². The van der Waals surface area contributed by atoms with Crippen LogP contribution in [0, 0.1) is 5.41 Å². The molecule has 0 saturated heterocycles. The van der Waals surface area contributed by atoms with Crippen LogP contribution in [-0.4, -0.2) is 24.8 Å². The SMILES string of the molecule is COc1ccc(OCCC2(C(=O)O)CCCCC2)cc1. The van der Waals surface area contributed by atoms with Gasteiger partial charge in [-0.25, -0.2) is 0 Å².